The number of nitrogens with one attached hydrogen (secondary N) is 2. The van der Waals surface area contributed by atoms with E-state index in [1.54, 1.807) is 12.1 Å². The fourth-order valence-electron chi connectivity index (χ4n) is 4.64. The van der Waals surface area contributed by atoms with Crippen molar-refractivity contribution in [1.82, 2.24) is 20.2 Å². The van der Waals surface area contributed by atoms with Crippen molar-refractivity contribution in [2.45, 2.75) is 13.0 Å². The number of ether oxygens (including phenoxy) is 1. The van der Waals surface area contributed by atoms with Crippen molar-refractivity contribution in [3.05, 3.63) is 70.8 Å². The van der Waals surface area contributed by atoms with Crippen LogP contribution in [0.1, 0.15) is 27.3 Å². The first kappa shape index (κ1) is 22.9. The molecular formula is C26H25FN4O4. The lowest BCUT2D eigenvalue weighted by molar-refractivity contribution is -0.130. The van der Waals surface area contributed by atoms with Crippen molar-refractivity contribution < 1.29 is 23.8 Å². The highest BCUT2D eigenvalue weighted by Gasteiger charge is 2.31. The molecule has 0 saturated heterocycles. The Labute approximate surface area is 200 Å². The van der Waals surface area contributed by atoms with Crippen LogP contribution >= 0.6 is 0 Å². The number of rotatable bonds is 7. The minimum Gasteiger partial charge on any atom is -0.494 e. The third-order valence-corrected chi connectivity index (χ3v) is 6.26. The van der Waals surface area contributed by atoms with Crippen LogP contribution in [0.2, 0.25) is 0 Å². The lowest BCUT2D eigenvalue weighted by atomic mass is 9.95. The summed E-state index contributed by atoms with van der Waals surface area (Å²) in [5.74, 6) is -0.709. The van der Waals surface area contributed by atoms with Gasteiger partial charge in [0.05, 0.1) is 55.8 Å². The number of H-pyrrole nitrogens is 1. The summed E-state index contributed by atoms with van der Waals surface area (Å²) in [5.41, 5.74) is 4.03. The number of methoxy groups -OCH3 is 1. The molecule has 0 saturated carbocycles. The van der Waals surface area contributed by atoms with Crippen LogP contribution in [0.25, 0.3) is 21.8 Å². The van der Waals surface area contributed by atoms with E-state index in [1.807, 2.05) is 24.3 Å². The Morgan fingerprint density at radius 1 is 1.26 bits per heavy atom. The number of nitrogens with zero attached hydrogens (tertiary/aromatic N) is 2. The molecule has 0 unspecified atom stereocenters. The Morgan fingerprint density at radius 2 is 2.09 bits per heavy atom. The lowest BCUT2D eigenvalue weighted by Gasteiger charge is -2.28. The van der Waals surface area contributed by atoms with Crippen molar-refractivity contribution in [2.75, 3.05) is 33.4 Å². The third kappa shape index (κ3) is 4.24. The molecule has 1 aliphatic rings. The van der Waals surface area contributed by atoms with Crippen LogP contribution < -0.4 is 10.1 Å². The number of pyridine rings is 1. The molecule has 3 N–H and O–H groups in total. The van der Waals surface area contributed by atoms with E-state index >= 15 is 0 Å². The van der Waals surface area contributed by atoms with Crippen molar-refractivity contribution in [3.8, 4) is 5.75 Å². The van der Waals surface area contributed by atoms with Crippen LogP contribution in [0.3, 0.4) is 0 Å². The highest BCUT2D eigenvalue weighted by Crippen LogP contribution is 2.35. The van der Waals surface area contributed by atoms with Gasteiger partial charge in [0.25, 0.3) is 0 Å². The second-order valence-electron chi connectivity index (χ2n) is 8.52. The molecule has 0 fully saturated rings. The van der Waals surface area contributed by atoms with E-state index in [4.69, 9.17) is 14.8 Å². The number of carbonyl (C=O) groups excluding carboxylic acids is 2. The number of aliphatic hydroxyl groups is 1. The highest BCUT2D eigenvalue weighted by atomic mass is 19.1. The van der Waals surface area contributed by atoms with Crippen molar-refractivity contribution in [1.29, 1.82) is 0 Å². The molecule has 0 bridgehead atoms. The van der Waals surface area contributed by atoms with Gasteiger partial charge < -0.3 is 25.0 Å². The molecule has 8 nitrogen and oxygen atoms in total. The van der Waals surface area contributed by atoms with Crippen molar-refractivity contribution >= 4 is 33.5 Å². The van der Waals surface area contributed by atoms with E-state index in [2.05, 4.69) is 10.3 Å². The van der Waals surface area contributed by atoms with Gasteiger partial charge in [-0.3, -0.25) is 14.6 Å². The molecule has 4 aromatic rings. The van der Waals surface area contributed by atoms with Crippen LogP contribution in [0.15, 0.2) is 42.5 Å². The first-order chi connectivity index (χ1) is 17.0. The molecule has 180 valence electrons. The number of aromatic amines is 1. The van der Waals surface area contributed by atoms with Gasteiger partial charge in [0.15, 0.2) is 17.3 Å². The number of benzene rings is 2. The van der Waals surface area contributed by atoms with Gasteiger partial charge in [0.2, 0.25) is 5.91 Å². The van der Waals surface area contributed by atoms with Gasteiger partial charge in [-0.1, -0.05) is 24.3 Å². The number of halogens is 1. The molecule has 0 radical (unpaired) electrons. The maximum Gasteiger partial charge on any atom is 0.237 e. The van der Waals surface area contributed by atoms with E-state index < -0.39 is 5.82 Å². The molecule has 0 aliphatic carbocycles. The molecule has 2 aromatic heterocycles. The van der Waals surface area contributed by atoms with E-state index in [1.165, 1.54) is 18.1 Å². The number of Topliss-reactive ketones (excluding diaryl/α,β-unsaturated/α-hetero) is 1. The second kappa shape index (κ2) is 9.44. The van der Waals surface area contributed by atoms with Crippen LogP contribution in [0.5, 0.6) is 5.75 Å². The van der Waals surface area contributed by atoms with Crippen molar-refractivity contribution in [3.63, 3.8) is 0 Å². The fraction of sp³-hybridized carbons (Fsp3) is 0.269. The summed E-state index contributed by atoms with van der Waals surface area (Å²) in [6.07, 6.45) is 0.331. The Morgan fingerprint density at radius 3 is 2.86 bits per heavy atom. The van der Waals surface area contributed by atoms with Crippen LogP contribution in [0.4, 0.5) is 4.39 Å². The zero-order chi connectivity index (χ0) is 24.5. The van der Waals surface area contributed by atoms with Gasteiger partial charge in [0.1, 0.15) is 0 Å². The number of aromatic nitrogens is 2. The summed E-state index contributed by atoms with van der Waals surface area (Å²) in [4.78, 5) is 35.7. The summed E-state index contributed by atoms with van der Waals surface area (Å²) >= 11 is 0. The Balaban J connectivity index is 1.61. The van der Waals surface area contributed by atoms with Gasteiger partial charge in [0, 0.05) is 29.3 Å². The SMILES string of the molecule is COc1ccc(Cc2nc3c(c4c2[nH]c2ccccc24)C(=O)CN(C(=O)CNCCO)C3)cc1F. The van der Waals surface area contributed by atoms with E-state index in [0.29, 0.717) is 35.5 Å². The van der Waals surface area contributed by atoms with Crippen LogP contribution in [-0.4, -0.2) is 65.0 Å². The molecule has 5 rings (SSSR count). The first-order valence-corrected chi connectivity index (χ1v) is 11.4. The lowest BCUT2D eigenvalue weighted by Crippen LogP contribution is -2.44. The molecule has 35 heavy (non-hydrogen) atoms. The molecule has 0 spiro atoms. The smallest absolute Gasteiger partial charge is 0.237 e. The number of fused-ring (bicyclic) bond motifs is 5. The fourth-order valence-corrected chi connectivity index (χ4v) is 4.64. The summed E-state index contributed by atoms with van der Waals surface area (Å²) in [6.45, 7) is 0.397. The van der Waals surface area contributed by atoms with Gasteiger partial charge >= 0.3 is 0 Å². The maximum absolute atomic E-state index is 14.4. The Bertz CT molecular complexity index is 1450. The van der Waals surface area contributed by atoms with Gasteiger partial charge in [-0.2, -0.15) is 0 Å². The Hall–Kier alpha value is -3.82. The third-order valence-electron chi connectivity index (χ3n) is 6.26. The predicted molar refractivity (Wildman–Crippen MR) is 129 cm³/mol. The van der Waals surface area contributed by atoms with E-state index in [0.717, 1.165) is 21.8 Å². The summed E-state index contributed by atoms with van der Waals surface area (Å²) in [6, 6.07) is 12.5. The molecule has 1 amide bonds. The number of hydrogen-bond acceptors (Lipinski definition) is 6. The predicted octanol–water partition coefficient (Wildman–Crippen LogP) is 2.56. The number of hydrogen-bond donors (Lipinski definition) is 3. The number of carbonyl (C=O) groups is 2. The van der Waals surface area contributed by atoms with E-state index in [-0.39, 0.29) is 43.7 Å². The zero-order valence-corrected chi connectivity index (χ0v) is 19.2. The van der Waals surface area contributed by atoms with Crippen molar-refractivity contribution in [2.24, 2.45) is 0 Å². The summed E-state index contributed by atoms with van der Waals surface area (Å²) < 4.78 is 19.4. The average Bonchev–Trinajstić information content (AvgIpc) is 3.24. The molecule has 0 atom stereocenters. The number of ketones is 1. The normalized spacial score (nSPS) is 13.5. The van der Waals surface area contributed by atoms with E-state index in [9.17, 15) is 14.0 Å². The number of para-hydroxylation sites is 1. The minimum absolute atomic E-state index is 0.0243. The standard InChI is InChI=1S/C26H25FN4O4/c1-35-22-7-6-15(10-17(22)27)11-19-26-24(16-4-2-3-5-18(16)30-26)25-20(29-19)13-31(14-21(25)33)23(34)12-28-8-9-32/h2-7,10,28,30,32H,8-9,11-14H2,1H3. The molecule has 2 aromatic carbocycles. The van der Waals surface area contributed by atoms with Gasteiger partial charge in [-0.15, -0.1) is 0 Å². The summed E-state index contributed by atoms with van der Waals surface area (Å²) in [7, 11) is 1.42. The zero-order valence-electron chi connectivity index (χ0n) is 19.2. The summed E-state index contributed by atoms with van der Waals surface area (Å²) in [5, 5.41) is 13.5. The van der Waals surface area contributed by atoms with Crippen LogP contribution in [-0.2, 0) is 17.8 Å². The Kier molecular flexibility index (Phi) is 6.19. The highest BCUT2D eigenvalue weighted by molar-refractivity contribution is 6.20. The monoisotopic (exact) mass is 476 g/mol. The average molecular weight is 477 g/mol. The quantitative estimate of drug-likeness (QED) is 0.354. The number of aliphatic hydroxyl groups excluding tert-OH is 1. The van der Waals surface area contributed by atoms with Gasteiger partial charge in [-0.05, 0) is 23.8 Å². The maximum atomic E-state index is 14.4. The first-order valence-electron chi connectivity index (χ1n) is 11.4. The molecular weight excluding hydrogens is 451 g/mol. The molecule has 3 heterocycles. The van der Waals surface area contributed by atoms with Crippen LogP contribution in [0, 0.1) is 5.82 Å². The number of amides is 1. The minimum atomic E-state index is -0.460. The second-order valence-corrected chi connectivity index (χ2v) is 8.52. The largest absolute Gasteiger partial charge is 0.494 e. The topological polar surface area (TPSA) is 108 Å². The van der Waals surface area contributed by atoms with Gasteiger partial charge in [-0.25, -0.2) is 4.39 Å². The molecule has 9 heteroatoms. The molecule has 1 aliphatic heterocycles.